The first-order valence-corrected chi connectivity index (χ1v) is 13.4. The highest BCUT2D eigenvalue weighted by molar-refractivity contribution is 5.26. The SMILES string of the molecule is CO[C@@H]1C[C@H]2[C@@H]3CC[C@H]([C@H](C)/C=C/[C@@H](C)C(C)C)[C@@]3(C)CC[C@@H]2[C@@]2(C)CC[C@H]3C[C@]312. The molecule has 0 radical (unpaired) electrons. The van der Waals surface area contributed by atoms with Crippen LogP contribution in [0.2, 0.25) is 0 Å². The number of hydrogen-bond acceptors (Lipinski definition) is 1. The van der Waals surface area contributed by atoms with Crippen molar-refractivity contribution in [1.29, 1.82) is 0 Å². The Balaban J connectivity index is 1.38. The fourth-order valence-electron chi connectivity index (χ4n) is 10.2. The van der Waals surface area contributed by atoms with Crippen molar-refractivity contribution >= 4 is 0 Å². The van der Waals surface area contributed by atoms with Gasteiger partial charge in [0.25, 0.3) is 0 Å². The lowest BCUT2D eigenvalue weighted by Crippen LogP contribution is -2.57. The first-order valence-electron chi connectivity index (χ1n) is 13.4. The number of ether oxygens (including phenoxy) is 1. The van der Waals surface area contributed by atoms with Gasteiger partial charge in [-0.25, -0.2) is 0 Å². The highest BCUT2D eigenvalue weighted by Gasteiger charge is 2.77. The van der Waals surface area contributed by atoms with E-state index in [0.717, 1.165) is 41.4 Å². The number of rotatable bonds is 5. The molecule has 5 saturated carbocycles. The maximum atomic E-state index is 6.30. The molecule has 0 bridgehead atoms. The molecule has 1 heteroatoms. The minimum Gasteiger partial charge on any atom is -0.381 e. The summed E-state index contributed by atoms with van der Waals surface area (Å²) < 4.78 is 6.30. The third-order valence-corrected chi connectivity index (χ3v) is 12.3. The summed E-state index contributed by atoms with van der Waals surface area (Å²) in [6.45, 7) is 15.0. The van der Waals surface area contributed by atoms with Crippen LogP contribution in [-0.2, 0) is 4.74 Å². The van der Waals surface area contributed by atoms with Crippen molar-refractivity contribution in [1.82, 2.24) is 0 Å². The van der Waals surface area contributed by atoms with E-state index in [1.54, 1.807) is 0 Å². The highest BCUT2D eigenvalue weighted by atomic mass is 16.5. The van der Waals surface area contributed by atoms with Crippen LogP contribution < -0.4 is 0 Å². The Bertz CT molecular complexity index is 694. The molecule has 0 amide bonds. The summed E-state index contributed by atoms with van der Waals surface area (Å²) in [4.78, 5) is 0. The van der Waals surface area contributed by atoms with Crippen molar-refractivity contribution in [3.05, 3.63) is 12.2 Å². The van der Waals surface area contributed by atoms with Crippen molar-refractivity contribution in [2.75, 3.05) is 7.11 Å². The second-order valence-corrected chi connectivity index (χ2v) is 13.3. The van der Waals surface area contributed by atoms with Crippen LogP contribution >= 0.6 is 0 Å². The molecule has 30 heavy (non-hydrogen) atoms. The molecule has 5 aliphatic rings. The molecule has 5 fully saturated rings. The van der Waals surface area contributed by atoms with E-state index in [1.165, 1.54) is 51.4 Å². The van der Waals surface area contributed by atoms with Gasteiger partial charge >= 0.3 is 0 Å². The summed E-state index contributed by atoms with van der Waals surface area (Å²) in [6, 6.07) is 0. The van der Waals surface area contributed by atoms with Crippen LogP contribution in [0.4, 0.5) is 0 Å². The first-order chi connectivity index (χ1) is 14.2. The van der Waals surface area contributed by atoms with E-state index in [-0.39, 0.29) is 0 Å². The Kier molecular flexibility index (Phi) is 5.10. The van der Waals surface area contributed by atoms with Crippen LogP contribution in [0.5, 0.6) is 0 Å². The highest BCUT2D eigenvalue weighted by Crippen LogP contribution is 2.82. The Morgan fingerprint density at radius 1 is 0.900 bits per heavy atom. The van der Waals surface area contributed by atoms with E-state index < -0.39 is 0 Å². The molecule has 0 aromatic heterocycles. The van der Waals surface area contributed by atoms with E-state index in [2.05, 4.69) is 53.7 Å². The summed E-state index contributed by atoms with van der Waals surface area (Å²) in [6.07, 6.45) is 17.4. The first kappa shape index (κ1) is 21.5. The monoisotopic (exact) mass is 412 g/mol. The zero-order valence-electron chi connectivity index (χ0n) is 20.9. The molecular formula is C29H48O. The molecule has 0 N–H and O–H groups in total. The molecule has 5 rings (SSSR count). The number of methoxy groups -OCH3 is 1. The summed E-state index contributed by atoms with van der Waals surface area (Å²) >= 11 is 0. The van der Waals surface area contributed by atoms with Crippen LogP contribution in [0.15, 0.2) is 12.2 Å². The predicted molar refractivity (Wildman–Crippen MR) is 126 cm³/mol. The molecule has 0 unspecified atom stereocenters. The molecule has 170 valence electrons. The van der Waals surface area contributed by atoms with Crippen molar-refractivity contribution in [2.24, 2.45) is 63.6 Å². The zero-order chi connectivity index (χ0) is 21.5. The summed E-state index contributed by atoms with van der Waals surface area (Å²) in [5, 5.41) is 0. The second-order valence-electron chi connectivity index (χ2n) is 13.3. The van der Waals surface area contributed by atoms with Crippen molar-refractivity contribution in [3.63, 3.8) is 0 Å². The van der Waals surface area contributed by atoms with Gasteiger partial charge in [-0.15, -0.1) is 0 Å². The van der Waals surface area contributed by atoms with Gasteiger partial charge < -0.3 is 4.74 Å². The number of hydrogen-bond donors (Lipinski definition) is 0. The Morgan fingerprint density at radius 2 is 1.67 bits per heavy atom. The lowest BCUT2D eigenvalue weighted by Gasteiger charge is -2.61. The quantitative estimate of drug-likeness (QED) is 0.419. The van der Waals surface area contributed by atoms with Crippen LogP contribution in [0.1, 0.15) is 92.9 Å². The Hall–Kier alpha value is -0.300. The van der Waals surface area contributed by atoms with E-state index in [4.69, 9.17) is 4.74 Å². The zero-order valence-corrected chi connectivity index (χ0v) is 20.9. The van der Waals surface area contributed by atoms with E-state index in [1.807, 2.05) is 7.11 Å². The third-order valence-electron chi connectivity index (χ3n) is 12.3. The Morgan fingerprint density at radius 3 is 2.33 bits per heavy atom. The lowest BCUT2D eigenvalue weighted by atomic mass is 9.45. The third kappa shape index (κ3) is 2.69. The average molecular weight is 413 g/mol. The fourth-order valence-corrected chi connectivity index (χ4v) is 10.2. The van der Waals surface area contributed by atoms with Gasteiger partial charge in [-0.3, -0.25) is 0 Å². The molecule has 0 aromatic rings. The van der Waals surface area contributed by atoms with Crippen molar-refractivity contribution < 1.29 is 4.74 Å². The van der Waals surface area contributed by atoms with Gasteiger partial charge in [0.2, 0.25) is 0 Å². The van der Waals surface area contributed by atoms with Gasteiger partial charge in [0.15, 0.2) is 0 Å². The van der Waals surface area contributed by atoms with Crippen LogP contribution in [0, 0.1) is 63.6 Å². The minimum atomic E-state index is 0.543. The van der Waals surface area contributed by atoms with Gasteiger partial charge in [0, 0.05) is 12.5 Å². The predicted octanol–water partition coefficient (Wildman–Crippen LogP) is 7.75. The minimum absolute atomic E-state index is 0.543. The Labute approximate surface area is 186 Å². The van der Waals surface area contributed by atoms with E-state index >= 15 is 0 Å². The summed E-state index contributed by atoms with van der Waals surface area (Å²) in [5.74, 6) is 6.85. The van der Waals surface area contributed by atoms with Gasteiger partial charge in [-0.1, -0.05) is 53.7 Å². The van der Waals surface area contributed by atoms with Crippen molar-refractivity contribution in [3.8, 4) is 0 Å². The fraction of sp³-hybridized carbons (Fsp3) is 0.931. The standard InChI is InChI=1S/C29H48O/c1-18(2)19(3)8-9-20(4)23-10-11-24-22-16-26(30-7)29-17-21(29)12-15-28(29,6)25(22)13-14-27(23,24)5/h8-9,18-26H,10-17H2,1-7H3/b9-8+/t19-,20-,21+,22+,23-,24+,25+,26-,27-,28-,29+/m1/s1. The van der Waals surface area contributed by atoms with Gasteiger partial charge in [-0.05, 0) is 110 Å². The molecule has 1 nitrogen and oxygen atoms in total. The second kappa shape index (κ2) is 7.10. The normalized spacial score (nSPS) is 53.9. The molecule has 0 heterocycles. The summed E-state index contributed by atoms with van der Waals surface area (Å²) in [7, 11) is 2.02. The molecule has 0 aromatic carbocycles. The largest absolute Gasteiger partial charge is 0.381 e. The van der Waals surface area contributed by atoms with Gasteiger partial charge in [0.05, 0.1) is 6.10 Å². The molecule has 5 aliphatic carbocycles. The molecule has 1 spiro atoms. The number of allylic oxidation sites excluding steroid dienone is 2. The smallest absolute Gasteiger partial charge is 0.0638 e. The van der Waals surface area contributed by atoms with Crippen LogP contribution in [0.25, 0.3) is 0 Å². The maximum Gasteiger partial charge on any atom is 0.0638 e. The maximum absolute atomic E-state index is 6.30. The summed E-state index contributed by atoms with van der Waals surface area (Å²) in [5.41, 5.74) is 1.68. The van der Waals surface area contributed by atoms with Gasteiger partial charge in [-0.2, -0.15) is 0 Å². The molecular weight excluding hydrogens is 364 g/mol. The number of fused-ring (bicyclic) bond motifs is 4. The van der Waals surface area contributed by atoms with Crippen molar-refractivity contribution in [2.45, 2.75) is 99.0 Å². The van der Waals surface area contributed by atoms with E-state index in [0.29, 0.717) is 28.3 Å². The molecule has 0 saturated heterocycles. The molecule has 0 aliphatic heterocycles. The van der Waals surface area contributed by atoms with Crippen LogP contribution in [0.3, 0.4) is 0 Å². The molecule has 11 atom stereocenters. The topological polar surface area (TPSA) is 9.23 Å². The van der Waals surface area contributed by atoms with Crippen LogP contribution in [-0.4, -0.2) is 13.2 Å². The van der Waals surface area contributed by atoms with E-state index in [9.17, 15) is 0 Å². The van der Waals surface area contributed by atoms with Gasteiger partial charge in [0.1, 0.15) is 0 Å². The average Bonchev–Trinajstić information content (AvgIpc) is 3.22. The lowest BCUT2D eigenvalue weighted by molar-refractivity contribution is -0.160.